The maximum absolute atomic E-state index is 9.17. The Morgan fingerprint density at radius 3 is 2.25 bits per heavy atom. The minimum absolute atomic E-state index is 0.323. The Balaban J connectivity index is 1.67. The van der Waals surface area contributed by atoms with Crippen molar-refractivity contribution in [3.05, 3.63) is 88.9 Å². The van der Waals surface area contributed by atoms with Crippen molar-refractivity contribution >= 4 is 11.6 Å². The topological polar surface area (TPSA) is 42.2 Å². The third-order valence-corrected chi connectivity index (χ3v) is 3.70. The minimum Gasteiger partial charge on any atom is -0.489 e. The molecule has 0 aliphatic carbocycles. The highest BCUT2D eigenvalue weighted by Crippen LogP contribution is 2.30. The van der Waals surface area contributed by atoms with Crippen molar-refractivity contribution in [3.8, 4) is 23.3 Å². The summed E-state index contributed by atoms with van der Waals surface area (Å²) in [5, 5.41) is 9.54. The second-order valence-electron chi connectivity index (χ2n) is 5.07. The van der Waals surface area contributed by atoms with Crippen molar-refractivity contribution in [2.45, 2.75) is 6.61 Å². The molecule has 24 heavy (non-hydrogen) atoms. The van der Waals surface area contributed by atoms with Crippen LogP contribution in [0.1, 0.15) is 11.1 Å². The molecule has 0 heterocycles. The fourth-order valence-corrected chi connectivity index (χ4v) is 2.38. The van der Waals surface area contributed by atoms with Gasteiger partial charge in [-0.1, -0.05) is 48.0 Å². The third-order valence-electron chi connectivity index (χ3n) is 3.39. The average Bonchev–Trinajstić information content (AvgIpc) is 2.62. The number of hydrogen-bond acceptors (Lipinski definition) is 3. The molecule has 0 atom stereocenters. The molecule has 118 valence electrons. The standard InChI is InChI=1S/C20H14ClNO2/c21-19-7-4-8-20(18(19)13-22)24-17-11-9-16(10-12-17)23-14-15-5-2-1-3-6-15/h1-12H,14H2. The van der Waals surface area contributed by atoms with Gasteiger partial charge in [0.1, 0.15) is 35.5 Å². The minimum atomic E-state index is 0.323. The van der Waals surface area contributed by atoms with Crippen LogP contribution in [0.2, 0.25) is 5.02 Å². The molecule has 0 aliphatic heterocycles. The molecule has 0 spiro atoms. The van der Waals surface area contributed by atoms with Crippen molar-refractivity contribution in [1.29, 1.82) is 5.26 Å². The molecule has 0 bridgehead atoms. The quantitative estimate of drug-likeness (QED) is 0.611. The van der Waals surface area contributed by atoms with E-state index in [1.807, 2.05) is 42.5 Å². The molecule has 3 aromatic rings. The monoisotopic (exact) mass is 335 g/mol. The Morgan fingerprint density at radius 2 is 1.54 bits per heavy atom. The van der Waals surface area contributed by atoms with Gasteiger partial charge >= 0.3 is 0 Å². The van der Waals surface area contributed by atoms with Crippen molar-refractivity contribution in [2.24, 2.45) is 0 Å². The van der Waals surface area contributed by atoms with Crippen LogP contribution in [-0.4, -0.2) is 0 Å². The van der Waals surface area contributed by atoms with Gasteiger partial charge in [0, 0.05) is 0 Å². The zero-order chi connectivity index (χ0) is 16.8. The first-order chi connectivity index (χ1) is 11.8. The summed E-state index contributed by atoms with van der Waals surface area (Å²) in [4.78, 5) is 0. The van der Waals surface area contributed by atoms with Gasteiger partial charge in [0.15, 0.2) is 0 Å². The highest BCUT2D eigenvalue weighted by molar-refractivity contribution is 6.31. The first-order valence-corrected chi connectivity index (χ1v) is 7.77. The molecule has 0 fully saturated rings. The lowest BCUT2D eigenvalue weighted by atomic mass is 10.2. The van der Waals surface area contributed by atoms with Gasteiger partial charge in [-0.3, -0.25) is 0 Å². The van der Waals surface area contributed by atoms with E-state index in [1.54, 1.807) is 30.3 Å². The SMILES string of the molecule is N#Cc1c(Cl)cccc1Oc1ccc(OCc2ccccc2)cc1. The zero-order valence-electron chi connectivity index (χ0n) is 12.8. The van der Waals surface area contributed by atoms with Crippen LogP contribution in [-0.2, 0) is 6.61 Å². The van der Waals surface area contributed by atoms with Crippen LogP contribution in [0.5, 0.6) is 17.2 Å². The third kappa shape index (κ3) is 3.87. The van der Waals surface area contributed by atoms with Crippen LogP contribution in [0.3, 0.4) is 0 Å². The summed E-state index contributed by atoms with van der Waals surface area (Å²) in [5.41, 5.74) is 1.43. The normalized spacial score (nSPS) is 10.0. The molecule has 0 saturated carbocycles. The predicted molar refractivity (Wildman–Crippen MR) is 93.5 cm³/mol. The summed E-state index contributed by atoms with van der Waals surface area (Å²) in [7, 11) is 0. The molecule has 0 unspecified atom stereocenters. The van der Waals surface area contributed by atoms with E-state index < -0.39 is 0 Å². The van der Waals surface area contributed by atoms with E-state index in [0.717, 1.165) is 11.3 Å². The molecule has 3 rings (SSSR count). The van der Waals surface area contributed by atoms with Crippen LogP contribution in [0.15, 0.2) is 72.8 Å². The number of hydrogen-bond donors (Lipinski definition) is 0. The van der Waals surface area contributed by atoms with Gasteiger partial charge in [-0.05, 0) is 42.0 Å². The van der Waals surface area contributed by atoms with Gasteiger partial charge in [-0.15, -0.1) is 0 Å². The van der Waals surface area contributed by atoms with Crippen LogP contribution < -0.4 is 9.47 Å². The molecule has 0 aliphatic rings. The molecule has 3 nitrogen and oxygen atoms in total. The maximum Gasteiger partial charge on any atom is 0.146 e. The zero-order valence-corrected chi connectivity index (χ0v) is 13.5. The second kappa shape index (κ2) is 7.54. The van der Waals surface area contributed by atoms with Crippen molar-refractivity contribution in [3.63, 3.8) is 0 Å². The van der Waals surface area contributed by atoms with Crippen molar-refractivity contribution in [2.75, 3.05) is 0 Å². The lowest BCUT2D eigenvalue weighted by Gasteiger charge is -2.10. The van der Waals surface area contributed by atoms with Crippen LogP contribution in [0.4, 0.5) is 0 Å². The molecule has 4 heteroatoms. The molecule has 0 radical (unpaired) electrons. The maximum atomic E-state index is 9.17. The number of rotatable bonds is 5. The predicted octanol–water partition coefficient (Wildman–Crippen LogP) is 5.58. The summed E-state index contributed by atoms with van der Waals surface area (Å²) < 4.78 is 11.5. The fraction of sp³-hybridized carbons (Fsp3) is 0.0500. The lowest BCUT2D eigenvalue weighted by Crippen LogP contribution is -1.95. The Bertz CT molecular complexity index is 855. The van der Waals surface area contributed by atoms with E-state index in [9.17, 15) is 0 Å². The second-order valence-corrected chi connectivity index (χ2v) is 5.48. The number of nitriles is 1. The van der Waals surface area contributed by atoms with E-state index >= 15 is 0 Å². The number of ether oxygens (including phenoxy) is 2. The van der Waals surface area contributed by atoms with Crippen LogP contribution >= 0.6 is 11.6 Å². The average molecular weight is 336 g/mol. The Kier molecular flexibility index (Phi) is 5.00. The molecule has 0 amide bonds. The Hall–Kier alpha value is -2.96. The van der Waals surface area contributed by atoms with E-state index in [2.05, 4.69) is 6.07 Å². The fourth-order valence-electron chi connectivity index (χ4n) is 2.17. The van der Waals surface area contributed by atoms with Gasteiger partial charge in [-0.25, -0.2) is 0 Å². The highest BCUT2D eigenvalue weighted by atomic mass is 35.5. The Labute approximate surface area is 145 Å². The van der Waals surface area contributed by atoms with Gasteiger partial charge in [0.05, 0.1) is 5.02 Å². The summed E-state index contributed by atoms with van der Waals surface area (Å²) in [6.07, 6.45) is 0. The van der Waals surface area contributed by atoms with Gasteiger partial charge in [-0.2, -0.15) is 5.26 Å². The number of benzene rings is 3. The van der Waals surface area contributed by atoms with Crippen LogP contribution in [0, 0.1) is 11.3 Å². The Morgan fingerprint density at radius 1 is 0.833 bits per heavy atom. The van der Waals surface area contributed by atoms with E-state index in [4.69, 9.17) is 26.3 Å². The first kappa shape index (κ1) is 15.9. The largest absolute Gasteiger partial charge is 0.489 e. The van der Waals surface area contributed by atoms with E-state index in [1.165, 1.54) is 0 Å². The van der Waals surface area contributed by atoms with Crippen LogP contribution in [0.25, 0.3) is 0 Å². The van der Waals surface area contributed by atoms with Gasteiger partial charge in [0.2, 0.25) is 0 Å². The number of nitrogens with zero attached hydrogens (tertiary/aromatic N) is 1. The summed E-state index contributed by atoms with van der Waals surface area (Å²) >= 11 is 6.00. The van der Waals surface area contributed by atoms with Crippen molar-refractivity contribution in [1.82, 2.24) is 0 Å². The smallest absolute Gasteiger partial charge is 0.146 e. The first-order valence-electron chi connectivity index (χ1n) is 7.39. The molecule has 0 N–H and O–H groups in total. The molecular formula is C20H14ClNO2. The van der Waals surface area contributed by atoms with E-state index in [-0.39, 0.29) is 0 Å². The van der Waals surface area contributed by atoms with E-state index in [0.29, 0.717) is 28.7 Å². The lowest BCUT2D eigenvalue weighted by molar-refractivity contribution is 0.306. The summed E-state index contributed by atoms with van der Waals surface area (Å²) in [6.45, 7) is 0.508. The highest BCUT2D eigenvalue weighted by Gasteiger charge is 2.08. The molecule has 3 aromatic carbocycles. The molecule has 0 saturated heterocycles. The van der Waals surface area contributed by atoms with Gasteiger partial charge < -0.3 is 9.47 Å². The summed E-state index contributed by atoms with van der Waals surface area (Å²) in [5.74, 6) is 1.79. The molecule has 0 aromatic heterocycles. The van der Waals surface area contributed by atoms with Crippen molar-refractivity contribution < 1.29 is 9.47 Å². The number of halogens is 1. The summed E-state index contributed by atoms with van der Waals surface area (Å²) in [6, 6.07) is 24.4. The van der Waals surface area contributed by atoms with Gasteiger partial charge in [0.25, 0.3) is 0 Å². The molecular weight excluding hydrogens is 322 g/mol.